The molecular formula is C16H20N4O6. The number of hydrogen-bond acceptors (Lipinski definition) is 8. The Kier molecular flexibility index (Phi) is 5.30. The van der Waals surface area contributed by atoms with Gasteiger partial charge in [0, 0.05) is 5.56 Å². The smallest absolute Gasteiger partial charge is 0.245 e. The van der Waals surface area contributed by atoms with Gasteiger partial charge in [-0.05, 0) is 0 Å². The molecular weight excluding hydrogens is 344 g/mol. The number of aliphatic hydroxyl groups excluding tert-OH is 4. The van der Waals surface area contributed by atoms with Crippen LogP contribution in [0, 0.1) is 0 Å². The molecule has 26 heavy (non-hydrogen) atoms. The molecule has 1 saturated heterocycles. The zero-order valence-corrected chi connectivity index (χ0v) is 13.7. The van der Waals surface area contributed by atoms with E-state index < -0.39 is 49.1 Å². The van der Waals surface area contributed by atoms with Crippen molar-refractivity contribution in [3.05, 3.63) is 36.5 Å². The lowest BCUT2D eigenvalue weighted by Gasteiger charge is -2.42. The molecule has 1 aromatic heterocycles. The molecule has 0 spiro atoms. The molecule has 1 fully saturated rings. The topological polar surface area (TPSA) is 164 Å². The van der Waals surface area contributed by atoms with Gasteiger partial charge in [-0.3, -0.25) is 4.79 Å². The molecule has 3 rings (SSSR count). The molecule has 0 aliphatic carbocycles. The van der Waals surface area contributed by atoms with Crippen molar-refractivity contribution in [2.24, 2.45) is 5.73 Å². The van der Waals surface area contributed by atoms with Crippen LogP contribution in [0.1, 0.15) is 6.04 Å². The highest BCUT2D eigenvalue weighted by molar-refractivity contribution is 5.79. The fraction of sp³-hybridized carbons (Fsp3) is 0.438. The van der Waals surface area contributed by atoms with E-state index in [1.54, 1.807) is 0 Å². The van der Waals surface area contributed by atoms with Gasteiger partial charge >= 0.3 is 0 Å². The monoisotopic (exact) mass is 364 g/mol. The number of ether oxygens (including phenoxy) is 1. The minimum Gasteiger partial charge on any atom is -0.394 e. The molecule has 10 nitrogen and oxygen atoms in total. The summed E-state index contributed by atoms with van der Waals surface area (Å²) in [6.45, 7) is -0.612. The molecule has 2 heterocycles. The van der Waals surface area contributed by atoms with Crippen molar-refractivity contribution in [2.45, 2.75) is 36.6 Å². The van der Waals surface area contributed by atoms with Crippen molar-refractivity contribution in [3.63, 3.8) is 0 Å². The SMILES string of the molecule is NC(=O)C([C@@H]1O[C@H](CO)[C@@H](O)[C@H](O)[C@H]1O)n1cc(-c2ccccc2)nn1. The number of nitrogens with two attached hydrogens (primary N) is 1. The van der Waals surface area contributed by atoms with Gasteiger partial charge in [-0.15, -0.1) is 5.10 Å². The summed E-state index contributed by atoms with van der Waals surface area (Å²) in [4.78, 5) is 12.0. The number of carbonyl (C=O) groups is 1. The highest BCUT2D eigenvalue weighted by Crippen LogP contribution is 2.29. The fourth-order valence-corrected chi connectivity index (χ4v) is 2.99. The first-order valence-electron chi connectivity index (χ1n) is 8.01. The van der Waals surface area contributed by atoms with E-state index in [0.717, 1.165) is 10.2 Å². The van der Waals surface area contributed by atoms with Crippen LogP contribution in [0.3, 0.4) is 0 Å². The molecule has 0 bridgehead atoms. The number of benzene rings is 1. The molecule has 140 valence electrons. The molecule has 6 atom stereocenters. The molecule has 10 heteroatoms. The van der Waals surface area contributed by atoms with Crippen molar-refractivity contribution in [2.75, 3.05) is 6.61 Å². The first-order chi connectivity index (χ1) is 12.4. The summed E-state index contributed by atoms with van der Waals surface area (Å²) < 4.78 is 6.56. The highest BCUT2D eigenvalue weighted by atomic mass is 16.5. The van der Waals surface area contributed by atoms with Gasteiger partial charge in [0.05, 0.1) is 12.8 Å². The Morgan fingerprint density at radius 3 is 2.50 bits per heavy atom. The van der Waals surface area contributed by atoms with Gasteiger partial charge < -0.3 is 30.9 Å². The van der Waals surface area contributed by atoms with Gasteiger partial charge in [0.1, 0.15) is 36.2 Å². The summed E-state index contributed by atoms with van der Waals surface area (Å²) in [5.74, 6) is -0.876. The summed E-state index contributed by atoms with van der Waals surface area (Å²) in [5.41, 5.74) is 6.68. The number of aromatic nitrogens is 3. The average Bonchev–Trinajstić information content (AvgIpc) is 3.12. The van der Waals surface area contributed by atoms with Gasteiger partial charge in [0.15, 0.2) is 6.04 Å². The van der Waals surface area contributed by atoms with E-state index in [4.69, 9.17) is 10.5 Å². The number of aliphatic hydroxyl groups is 4. The lowest BCUT2D eigenvalue weighted by atomic mass is 9.91. The predicted octanol–water partition coefficient (Wildman–Crippen LogP) is -2.19. The second-order valence-electron chi connectivity index (χ2n) is 6.09. The Morgan fingerprint density at radius 2 is 1.88 bits per heavy atom. The zero-order chi connectivity index (χ0) is 18.8. The third-order valence-corrected chi connectivity index (χ3v) is 4.40. The molecule has 0 saturated carbocycles. The Balaban J connectivity index is 1.92. The van der Waals surface area contributed by atoms with E-state index in [1.165, 1.54) is 6.20 Å². The molecule has 1 unspecified atom stereocenters. The zero-order valence-electron chi connectivity index (χ0n) is 13.7. The van der Waals surface area contributed by atoms with Crippen LogP contribution in [0.25, 0.3) is 11.3 Å². The average molecular weight is 364 g/mol. The Morgan fingerprint density at radius 1 is 1.19 bits per heavy atom. The lowest BCUT2D eigenvalue weighted by Crippen LogP contribution is -2.61. The minimum atomic E-state index is -1.62. The van der Waals surface area contributed by atoms with Gasteiger partial charge in [0.2, 0.25) is 5.91 Å². The second-order valence-corrected chi connectivity index (χ2v) is 6.09. The van der Waals surface area contributed by atoms with Gasteiger partial charge in [0.25, 0.3) is 0 Å². The molecule has 1 aliphatic heterocycles. The molecule has 0 radical (unpaired) electrons. The Labute approximate surface area is 148 Å². The fourth-order valence-electron chi connectivity index (χ4n) is 2.99. The lowest BCUT2D eigenvalue weighted by molar-refractivity contribution is -0.238. The largest absolute Gasteiger partial charge is 0.394 e. The van der Waals surface area contributed by atoms with Gasteiger partial charge in [-0.2, -0.15) is 0 Å². The van der Waals surface area contributed by atoms with Crippen molar-refractivity contribution < 1.29 is 30.0 Å². The molecule has 6 N–H and O–H groups in total. The maximum atomic E-state index is 12.0. The van der Waals surface area contributed by atoms with E-state index in [2.05, 4.69) is 10.3 Å². The second kappa shape index (κ2) is 7.48. The number of rotatable bonds is 5. The van der Waals surface area contributed by atoms with Crippen molar-refractivity contribution in [1.29, 1.82) is 0 Å². The third kappa shape index (κ3) is 3.32. The Bertz CT molecular complexity index is 752. The summed E-state index contributed by atoms with van der Waals surface area (Å²) >= 11 is 0. The van der Waals surface area contributed by atoms with Crippen LogP contribution in [0.15, 0.2) is 36.5 Å². The maximum absolute atomic E-state index is 12.0. The van der Waals surface area contributed by atoms with Crippen molar-refractivity contribution in [1.82, 2.24) is 15.0 Å². The first kappa shape index (κ1) is 18.4. The van der Waals surface area contributed by atoms with Crippen LogP contribution >= 0.6 is 0 Å². The quantitative estimate of drug-likeness (QED) is 0.399. The van der Waals surface area contributed by atoms with Crippen LogP contribution < -0.4 is 5.73 Å². The molecule has 2 aromatic rings. The third-order valence-electron chi connectivity index (χ3n) is 4.40. The van der Waals surface area contributed by atoms with Gasteiger partial charge in [-0.25, -0.2) is 4.68 Å². The summed E-state index contributed by atoms with van der Waals surface area (Å²) in [7, 11) is 0. The Hall–Kier alpha value is -2.37. The highest BCUT2D eigenvalue weighted by Gasteiger charge is 2.48. The van der Waals surface area contributed by atoms with E-state index in [0.29, 0.717) is 5.69 Å². The number of hydrogen-bond donors (Lipinski definition) is 5. The molecule has 1 aromatic carbocycles. The number of primary amides is 1. The summed E-state index contributed by atoms with van der Waals surface area (Å²) in [6.07, 6.45) is -5.78. The maximum Gasteiger partial charge on any atom is 0.245 e. The number of amides is 1. The van der Waals surface area contributed by atoms with Crippen molar-refractivity contribution >= 4 is 5.91 Å². The van der Waals surface area contributed by atoms with Crippen molar-refractivity contribution in [3.8, 4) is 11.3 Å². The standard InChI is InChI=1S/C16H20N4O6/c17-16(25)11(15-14(24)13(23)12(22)10(7-21)26-15)20-6-9(18-19-20)8-4-2-1-3-5-8/h1-6,10-15,21-24H,7H2,(H2,17,25)/t10-,11?,12-,13+,14-,15+/m1/s1. The van der Waals surface area contributed by atoms with E-state index in [1.807, 2.05) is 30.3 Å². The normalized spacial score (nSPS) is 30.1. The van der Waals surface area contributed by atoms with Crippen LogP contribution in [0.2, 0.25) is 0 Å². The summed E-state index contributed by atoms with van der Waals surface area (Å²) in [5, 5.41) is 47.2. The minimum absolute atomic E-state index is 0.474. The van der Waals surface area contributed by atoms with E-state index in [9.17, 15) is 25.2 Å². The van der Waals surface area contributed by atoms with Crippen LogP contribution in [-0.4, -0.2) is 78.5 Å². The van der Waals surface area contributed by atoms with E-state index in [-0.39, 0.29) is 0 Å². The predicted molar refractivity (Wildman–Crippen MR) is 87.5 cm³/mol. The first-order valence-corrected chi connectivity index (χ1v) is 8.01. The van der Waals surface area contributed by atoms with Crippen LogP contribution in [0.5, 0.6) is 0 Å². The van der Waals surface area contributed by atoms with Gasteiger partial charge in [-0.1, -0.05) is 35.5 Å². The number of carbonyl (C=O) groups excluding carboxylic acids is 1. The number of nitrogens with zero attached hydrogens (tertiary/aromatic N) is 3. The summed E-state index contributed by atoms with van der Waals surface area (Å²) in [6, 6.07) is 7.79. The van der Waals surface area contributed by atoms with Crippen LogP contribution in [-0.2, 0) is 9.53 Å². The van der Waals surface area contributed by atoms with E-state index >= 15 is 0 Å². The molecule has 1 aliphatic rings. The molecule has 1 amide bonds. The van der Waals surface area contributed by atoms with Crippen LogP contribution in [0.4, 0.5) is 0 Å².